The summed E-state index contributed by atoms with van der Waals surface area (Å²) >= 11 is 0. The van der Waals surface area contributed by atoms with Gasteiger partial charge in [0.05, 0.1) is 13.1 Å². The molecule has 1 aromatic heterocycles. The summed E-state index contributed by atoms with van der Waals surface area (Å²) in [5, 5.41) is 3.46. The van der Waals surface area contributed by atoms with Crippen LogP contribution < -0.4 is 5.32 Å². The molecule has 0 amide bonds. The molecule has 0 atom stereocenters. The van der Waals surface area contributed by atoms with E-state index in [0.29, 0.717) is 0 Å². The summed E-state index contributed by atoms with van der Waals surface area (Å²) in [4.78, 5) is 2.29. The number of furan rings is 1. The fourth-order valence-electron chi connectivity index (χ4n) is 1.92. The highest BCUT2D eigenvalue weighted by Crippen LogP contribution is 2.17. The molecule has 0 radical (unpaired) electrons. The quantitative estimate of drug-likeness (QED) is 0.842. The van der Waals surface area contributed by atoms with E-state index in [1.807, 2.05) is 0 Å². The van der Waals surface area contributed by atoms with Crippen LogP contribution in [0.2, 0.25) is 0 Å². The Morgan fingerprint density at radius 1 is 1.33 bits per heavy atom. The number of hydrogen-bond donors (Lipinski definition) is 1. The lowest BCUT2D eigenvalue weighted by Crippen LogP contribution is -2.35. The minimum Gasteiger partial charge on any atom is -0.463 e. The first-order chi connectivity index (χ1) is 8.31. The zero-order chi connectivity index (χ0) is 13.8. The molecule has 1 aromatic rings. The molecule has 0 spiro atoms. The summed E-state index contributed by atoms with van der Waals surface area (Å²) in [6.07, 6.45) is 1.18. The maximum atomic E-state index is 5.92. The Balaban J connectivity index is 2.58. The second-order valence-corrected chi connectivity index (χ2v) is 6.16. The number of nitrogens with one attached hydrogen (secondary N) is 1. The van der Waals surface area contributed by atoms with Gasteiger partial charge in [-0.1, -0.05) is 6.92 Å². The molecule has 0 unspecified atom stereocenters. The average molecular weight is 252 g/mol. The van der Waals surface area contributed by atoms with Gasteiger partial charge in [0.25, 0.3) is 0 Å². The third kappa shape index (κ3) is 5.23. The zero-order valence-corrected chi connectivity index (χ0v) is 12.8. The Morgan fingerprint density at radius 2 is 2.00 bits per heavy atom. The van der Waals surface area contributed by atoms with Crippen molar-refractivity contribution in [1.29, 1.82) is 0 Å². The van der Waals surface area contributed by atoms with Gasteiger partial charge in [-0.3, -0.25) is 4.90 Å². The van der Waals surface area contributed by atoms with Crippen molar-refractivity contribution < 1.29 is 4.42 Å². The molecule has 0 aliphatic heterocycles. The first-order valence-electron chi connectivity index (χ1n) is 6.83. The summed E-state index contributed by atoms with van der Waals surface area (Å²) in [6, 6.07) is 2.16. The van der Waals surface area contributed by atoms with Crippen molar-refractivity contribution in [2.75, 3.05) is 13.6 Å². The molecule has 1 N–H and O–H groups in total. The molecule has 0 saturated heterocycles. The highest BCUT2D eigenvalue weighted by atomic mass is 16.3. The average Bonchev–Trinajstić information content (AvgIpc) is 2.55. The van der Waals surface area contributed by atoms with Gasteiger partial charge in [0.1, 0.15) is 11.5 Å². The lowest BCUT2D eigenvalue weighted by Gasteiger charge is -2.19. The van der Waals surface area contributed by atoms with E-state index in [1.165, 1.54) is 12.0 Å². The molecule has 0 saturated carbocycles. The van der Waals surface area contributed by atoms with Gasteiger partial charge < -0.3 is 9.73 Å². The summed E-state index contributed by atoms with van der Waals surface area (Å²) < 4.78 is 5.92. The smallest absolute Gasteiger partial charge is 0.120 e. The maximum absolute atomic E-state index is 5.92. The van der Waals surface area contributed by atoms with E-state index < -0.39 is 0 Å². The van der Waals surface area contributed by atoms with Crippen molar-refractivity contribution in [2.45, 2.75) is 59.7 Å². The molecule has 0 aromatic carbocycles. The van der Waals surface area contributed by atoms with E-state index in [-0.39, 0.29) is 5.54 Å². The topological polar surface area (TPSA) is 28.4 Å². The van der Waals surface area contributed by atoms with Gasteiger partial charge in [0.15, 0.2) is 0 Å². The molecule has 104 valence electrons. The van der Waals surface area contributed by atoms with Gasteiger partial charge in [0.2, 0.25) is 0 Å². The van der Waals surface area contributed by atoms with E-state index in [0.717, 1.165) is 31.2 Å². The number of nitrogens with zero attached hydrogens (tertiary/aromatic N) is 1. The Labute approximate surface area is 112 Å². The fraction of sp³-hybridized carbons (Fsp3) is 0.733. The molecule has 3 heteroatoms. The third-order valence-corrected chi connectivity index (χ3v) is 2.88. The van der Waals surface area contributed by atoms with Crippen LogP contribution in [0.3, 0.4) is 0 Å². The Bertz CT molecular complexity index is 363. The number of rotatable bonds is 6. The van der Waals surface area contributed by atoms with E-state index in [2.05, 4.69) is 57.9 Å². The molecule has 1 rings (SSSR count). The van der Waals surface area contributed by atoms with Crippen LogP contribution in [-0.4, -0.2) is 24.0 Å². The predicted molar refractivity (Wildman–Crippen MR) is 76.7 cm³/mol. The minimum atomic E-state index is 0.123. The number of aryl methyl sites for hydroxylation is 1. The Morgan fingerprint density at radius 3 is 2.56 bits per heavy atom. The van der Waals surface area contributed by atoms with Crippen molar-refractivity contribution in [3.8, 4) is 0 Å². The molecule has 0 fully saturated rings. The maximum Gasteiger partial charge on any atom is 0.120 e. The standard InChI is InChI=1S/C15H28N2O/c1-7-8-17(6)11-13-9-12(2)14(18-13)10-16-15(3,4)5/h9,16H,7-8,10-11H2,1-6H3. The molecule has 0 bridgehead atoms. The van der Waals surface area contributed by atoms with Crippen LogP contribution in [0.1, 0.15) is 51.2 Å². The third-order valence-electron chi connectivity index (χ3n) is 2.88. The van der Waals surface area contributed by atoms with Crippen LogP contribution in [0.25, 0.3) is 0 Å². The molecule has 3 nitrogen and oxygen atoms in total. The lowest BCUT2D eigenvalue weighted by atomic mass is 10.1. The van der Waals surface area contributed by atoms with E-state index >= 15 is 0 Å². The highest BCUT2D eigenvalue weighted by molar-refractivity contribution is 5.20. The summed E-state index contributed by atoms with van der Waals surface area (Å²) in [5.74, 6) is 2.12. The van der Waals surface area contributed by atoms with Gasteiger partial charge in [0, 0.05) is 5.54 Å². The minimum absolute atomic E-state index is 0.123. The molecule has 0 aliphatic carbocycles. The summed E-state index contributed by atoms with van der Waals surface area (Å²) in [7, 11) is 2.13. The van der Waals surface area contributed by atoms with Crippen LogP contribution in [-0.2, 0) is 13.1 Å². The second-order valence-electron chi connectivity index (χ2n) is 6.16. The van der Waals surface area contributed by atoms with Crippen molar-refractivity contribution in [3.05, 3.63) is 23.2 Å². The Kier molecular flexibility index (Phi) is 5.42. The second kappa shape index (κ2) is 6.39. The molecular weight excluding hydrogens is 224 g/mol. The van der Waals surface area contributed by atoms with Crippen molar-refractivity contribution >= 4 is 0 Å². The van der Waals surface area contributed by atoms with Gasteiger partial charge in [-0.05, 0) is 59.3 Å². The fourth-order valence-corrected chi connectivity index (χ4v) is 1.92. The van der Waals surface area contributed by atoms with Crippen LogP contribution in [0, 0.1) is 6.92 Å². The predicted octanol–water partition coefficient (Wildman–Crippen LogP) is 3.32. The van der Waals surface area contributed by atoms with Gasteiger partial charge in [-0.25, -0.2) is 0 Å². The molecule has 18 heavy (non-hydrogen) atoms. The van der Waals surface area contributed by atoms with Crippen LogP contribution in [0.15, 0.2) is 10.5 Å². The SMILES string of the molecule is CCCN(C)Cc1cc(C)c(CNC(C)(C)C)o1. The normalized spacial score (nSPS) is 12.4. The van der Waals surface area contributed by atoms with E-state index in [9.17, 15) is 0 Å². The largest absolute Gasteiger partial charge is 0.463 e. The van der Waals surface area contributed by atoms with Crippen molar-refractivity contribution in [3.63, 3.8) is 0 Å². The summed E-state index contributed by atoms with van der Waals surface area (Å²) in [6.45, 7) is 13.6. The monoisotopic (exact) mass is 252 g/mol. The van der Waals surface area contributed by atoms with Gasteiger partial charge in [-0.15, -0.1) is 0 Å². The van der Waals surface area contributed by atoms with Crippen LogP contribution in [0.5, 0.6) is 0 Å². The number of hydrogen-bond acceptors (Lipinski definition) is 3. The molecular formula is C15H28N2O. The Hall–Kier alpha value is -0.800. The summed E-state index contributed by atoms with van der Waals surface area (Å²) in [5.41, 5.74) is 1.37. The molecule has 0 aliphatic rings. The zero-order valence-electron chi connectivity index (χ0n) is 12.8. The van der Waals surface area contributed by atoms with Crippen molar-refractivity contribution in [1.82, 2.24) is 10.2 Å². The van der Waals surface area contributed by atoms with Gasteiger partial charge in [-0.2, -0.15) is 0 Å². The first-order valence-corrected chi connectivity index (χ1v) is 6.83. The van der Waals surface area contributed by atoms with E-state index in [4.69, 9.17) is 4.42 Å². The van der Waals surface area contributed by atoms with Crippen LogP contribution in [0.4, 0.5) is 0 Å². The van der Waals surface area contributed by atoms with Crippen LogP contribution >= 0.6 is 0 Å². The lowest BCUT2D eigenvalue weighted by molar-refractivity contribution is 0.287. The molecule has 1 heterocycles. The van der Waals surface area contributed by atoms with Gasteiger partial charge >= 0.3 is 0 Å². The highest BCUT2D eigenvalue weighted by Gasteiger charge is 2.13. The van der Waals surface area contributed by atoms with E-state index in [1.54, 1.807) is 0 Å². The first kappa shape index (κ1) is 15.3. The van der Waals surface area contributed by atoms with Crippen molar-refractivity contribution in [2.24, 2.45) is 0 Å².